The Morgan fingerprint density at radius 2 is 2.25 bits per heavy atom. The van der Waals surface area contributed by atoms with Gasteiger partial charge in [0.2, 0.25) is 6.79 Å². The Bertz CT molecular complexity index is 857. The molecular formula is C16H17NO5S2. The normalized spacial score (nSPS) is 13.6. The largest absolute Gasteiger partial charge is 0.454 e. The Labute approximate surface area is 144 Å². The molecule has 6 nitrogen and oxygen atoms in total. The molecule has 24 heavy (non-hydrogen) atoms. The lowest BCUT2D eigenvalue weighted by molar-refractivity contribution is 0.173. The van der Waals surface area contributed by atoms with Crippen molar-refractivity contribution in [2.75, 3.05) is 18.1 Å². The van der Waals surface area contributed by atoms with Gasteiger partial charge in [0.15, 0.2) is 11.5 Å². The van der Waals surface area contributed by atoms with Gasteiger partial charge in [-0.2, -0.15) is 0 Å². The fourth-order valence-electron chi connectivity index (χ4n) is 2.53. The van der Waals surface area contributed by atoms with E-state index in [0.29, 0.717) is 29.2 Å². The molecule has 0 saturated heterocycles. The first-order valence-corrected chi connectivity index (χ1v) is 9.72. The van der Waals surface area contributed by atoms with Crippen molar-refractivity contribution < 1.29 is 23.0 Å². The number of aliphatic hydroxyl groups excluding tert-OH is 1. The quantitative estimate of drug-likeness (QED) is 0.820. The predicted octanol–water partition coefficient (Wildman–Crippen LogP) is 2.85. The lowest BCUT2D eigenvalue weighted by Crippen LogP contribution is -2.13. The van der Waals surface area contributed by atoms with Crippen LogP contribution in [0.5, 0.6) is 11.5 Å². The minimum Gasteiger partial charge on any atom is -0.454 e. The van der Waals surface area contributed by atoms with Crippen LogP contribution in [0, 0.1) is 0 Å². The van der Waals surface area contributed by atoms with Crippen molar-refractivity contribution in [1.29, 1.82) is 0 Å². The minimum absolute atomic E-state index is 0.104. The monoisotopic (exact) mass is 367 g/mol. The summed E-state index contributed by atoms with van der Waals surface area (Å²) in [7, 11) is -3.68. The van der Waals surface area contributed by atoms with E-state index in [1.807, 2.05) is 6.92 Å². The number of nitrogens with one attached hydrogen (secondary N) is 1. The highest BCUT2D eigenvalue weighted by molar-refractivity contribution is 7.94. The van der Waals surface area contributed by atoms with Crippen LogP contribution in [0.4, 0.5) is 5.69 Å². The summed E-state index contributed by atoms with van der Waals surface area (Å²) in [5, 5.41) is 10.8. The summed E-state index contributed by atoms with van der Waals surface area (Å²) in [6.07, 6.45) is 3.87. The summed E-state index contributed by atoms with van der Waals surface area (Å²) >= 11 is 1.14. The third kappa shape index (κ3) is 3.12. The molecule has 0 aliphatic carbocycles. The van der Waals surface area contributed by atoms with Crippen LogP contribution in [0.3, 0.4) is 0 Å². The molecule has 2 aromatic rings. The molecule has 1 aliphatic rings. The van der Waals surface area contributed by atoms with Crippen LogP contribution in [0.25, 0.3) is 6.08 Å². The summed E-state index contributed by atoms with van der Waals surface area (Å²) < 4.78 is 38.9. The van der Waals surface area contributed by atoms with E-state index in [0.717, 1.165) is 16.9 Å². The third-order valence-corrected chi connectivity index (χ3v) is 6.32. The van der Waals surface area contributed by atoms with Gasteiger partial charge < -0.3 is 14.6 Å². The lowest BCUT2D eigenvalue weighted by Gasteiger charge is -2.15. The van der Waals surface area contributed by atoms with E-state index in [4.69, 9.17) is 14.6 Å². The number of aliphatic hydroxyl groups is 1. The van der Waals surface area contributed by atoms with Gasteiger partial charge >= 0.3 is 0 Å². The van der Waals surface area contributed by atoms with Gasteiger partial charge in [0.25, 0.3) is 10.0 Å². The van der Waals surface area contributed by atoms with Crippen molar-refractivity contribution in [1.82, 2.24) is 0 Å². The second-order valence-corrected chi connectivity index (χ2v) is 7.88. The zero-order chi connectivity index (χ0) is 17.2. The summed E-state index contributed by atoms with van der Waals surface area (Å²) in [6, 6.07) is 4.84. The highest BCUT2D eigenvalue weighted by Crippen LogP contribution is 2.43. The molecule has 3 rings (SSSR count). The van der Waals surface area contributed by atoms with E-state index < -0.39 is 10.0 Å². The highest BCUT2D eigenvalue weighted by Gasteiger charge is 2.25. The van der Waals surface area contributed by atoms with Crippen LogP contribution in [0.15, 0.2) is 33.9 Å². The van der Waals surface area contributed by atoms with Gasteiger partial charge in [-0.1, -0.05) is 25.1 Å². The molecule has 0 unspecified atom stereocenters. The fourth-order valence-corrected chi connectivity index (χ4v) is 4.60. The van der Waals surface area contributed by atoms with E-state index in [9.17, 15) is 8.42 Å². The number of fused-ring (bicyclic) bond motifs is 1. The van der Waals surface area contributed by atoms with Gasteiger partial charge in [-0.25, -0.2) is 8.42 Å². The average molecular weight is 367 g/mol. The SMILES string of the molecule is CCc1c(/C=C/CO)c(NS(=O)(=O)c2cccs2)cc2c1OCO2. The number of hydrogen-bond acceptors (Lipinski definition) is 6. The van der Waals surface area contributed by atoms with Crippen LogP contribution in [0.1, 0.15) is 18.1 Å². The smallest absolute Gasteiger partial charge is 0.271 e. The van der Waals surface area contributed by atoms with Crippen molar-refractivity contribution in [3.63, 3.8) is 0 Å². The first-order valence-electron chi connectivity index (χ1n) is 7.36. The Balaban J connectivity index is 2.11. The summed E-state index contributed by atoms with van der Waals surface area (Å²) in [6.45, 7) is 1.91. The molecule has 0 radical (unpaired) electrons. The standard InChI is InChI=1S/C16H17NO5S2/c1-2-11-12(5-3-7-18)13(9-14-16(11)22-10-21-14)17-24(19,20)15-6-4-8-23-15/h3-6,8-9,17-18H,2,7,10H2,1H3/b5-3+. The molecule has 1 aliphatic heterocycles. The van der Waals surface area contributed by atoms with Crippen molar-refractivity contribution in [3.8, 4) is 11.5 Å². The molecule has 0 bridgehead atoms. The van der Waals surface area contributed by atoms with Crippen LogP contribution in [-0.2, 0) is 16.4 Å². The second-order valence-electron chi connectivity index (χ2n) is 5.03. The lowest BCUT2D eigenvalue weighted by atomic mass is 10.0. The van der Waals surface area contributed by atoms with Crippen molar-refractivity contribution >= 4 is 33.1 Å². The van der Waals surface area contributed by atoms with E-state index >= 15 is 0 Å². The van der Waals surface area contributed by atoms with Gasteiger partial charge in [-0.15, -0.1) is 11.3 Å². The molecule has 0 atom stereocenters. The van der Waals surface area contributed by atoms with E-state index in [1.165, 1.54) is 0 Å². The van der Waals surface area contributed by atoms with Gasteiger partial charge in [-0.3, -0.25) is 4.72 Å². The molecule has 2 N–H and O–H groups in total. The zero-order valence-electron chi connectivity index (χ0n) is 13.0. The minimum atomic E-state index is -3.68. The number of anilines is 1. The molecule has 128 valence electrons. The average Bonchev–Trinajstić information content (AvgIpc) is 3.23. The maximum Gasteiger partial charge on any atom is 0.271 e. The van der Waals surface area contributed by atoms with Gasteiger partial charge in [0.05, 0.1) is 12.3 Å². The van der Waals surface area contributed by atoms with E-state index in [1.54, 1.807) is 35.7 Å². The fraction of sp³-hybridized carbons (Fsp3) is 0.250. The molecule has 0 fully saturated rings. The predicted molar refractivity (Wildman–Crippen MR) is 93.2 cm³/mol. The molecule has 1 aromatic carbocycles. The van der Waals surface area contributed by atoms with Crippen LogP contribution < -0.4 is 14.2 Å². The maximum atomic E-state index is 12.5. The van der Waals surface area contributed by atoms with Gasteiger partial charge in [0.1, 0.15) is 4.21 Å². The summed E-state index contributed by atoms with van der Waals surface area (Å²) in [4.78, 5) is 0. The Morgan fingerprint density at radius 3 is 2.92 bits per heavy atom. The van der Waals surface area contributed by atoms with Crippen molar-refractivity contribution in [3.05, 3.63) is 40.8 Å². The molecule has 8 heteroatoms. The van der Waals surface area contributed by atoms with E-state index in [-0.39, 0.29) is 17.6 Å². The first kappa shape index (κ1) is 16.8. The number of rotatable bonds is 6. The third-order valence-electron chi connectivity index (χ3n) is 3.55. The number of ether oxygens (including phenoxy) is 2. The van der Waals surface area contributed by atoms with Crippen LogP contribution in [-0.4, -0.2) is 26.9 Å². The molecule has 1 aromatic heterocycles. The number of thiophene rings is 1. The molecule has 2 heterocycles. The molecule has 0 saturated carbocycles. The van der Waals surface area contributed by atoms with Gasteiger partial charge in [-0.05, 0) is 17.9 Å². The summed E-state index contributed by atoms with van der Waals surface area (Å²) in [5.41, 5.74) is 1.89. The highest BCUT2D eigenvalue weighted by atomic mass is 32.2. The van der Waals surface area contributed by atoms with Gasteiger partial charge in [0, 0.05) is 17.2 Å². The number of sulfonamides is 1. The Morgan fingerprint density at radius 1 is 1.42 bits per heavy atom. The second kappa shape index (κ2) is 6.84. The maximum absolute atomic E-state index is 12.5. The number of benzene rings is 1. The first-order chi connectivity index (χ1) is 11.6. The Kier molecular flexibility index (Phi) is 4.79. The number of hydrogen-bond donors (Lipinski definition) is 2. The summed E-state index contributed by atoms with van der Waals surface area (Å²) in [5.74, 6) is 1.13. The molecular weight excluding hydrogens is 350 g/mol. The molecule has 0 amide bonds. The molecule has 0 spiro atoms. The van der Waals surface area contributed by atoms with Crippen LogP contribution in [0.2, 0.25) is 0 Å². The van der Waals surface area contributed by atoms with E-state index in [2.05, 4.69) is 4.72 Å². The van der Waals surface area contributed by atoms with Crippen molar-refractivity contribution in [2.24, 2.45) is 0 Å². The Hall–Kier alpha value is -2.03. The zero-order valence-corrected chi connectivity index (χ0v) is 14.6. The van der Waals surface area contributed by atoms with Crippen molar-refractivity contribution in [2.45, 2.75) is 17.6 Å². The topological polar surface area (TPSA) is 84.9 Å². The van der Waals surface area contributed by atoms with Crippen LogP contribution >= 0.6 is 11.3 Å².